The van der Waals surface area contributed by atoms with E-state index in [-0.39, 0.29) is 24.5 Å². The molecule has 0 aliphatic carbocycles. The van der Waals surface area contributed by atoms with Gasteiger partial charge in [0.1, 0.15) is 5.75 Å². The molecule has 112 valence electrons. The molecule has 1 rings (SSSR count). The van der Waals surface area contributed by atoms with Gasteiger partial charge in [-0.3, -0.25) is 4.79 Å². The highest BCUT2D eigenvalue weighted by molar-refractivity contribution is 5.77. The van der Waals surface area contributed by atoms with E-state index in [1.165, 1.54) is 0 Å². The number of nitrogens with one attached hydrogen (secondary N) is 1. The van der Waals surface area contributed by atoms with Crippen LogP contribution in [0, 0.1) is 19.3 Å². The molecule has 1 amide bonds. The maximum atomic E-state index is 11.8. The topological polar surface area (TPSA) is 58.6 Å². The fourth-order valence-electron chi connectivity index (χ4n) is 1.94. The highest BCUT2D eigenvalue weighted by Gasteiger charge is 2.18. The lowest BCUT2D eigenvalue weighted by Gasteiger charge is -2.23. The van der Waals surface area contributed by atoms with E-state index in [1.807, 2.05) is 45.9 Å². The summed E-state index contributed by atoms with van der Waals surface area (Å²) in [7, 11) is 0. The quantitative estimate of drug-likeness (QED) is 0.804. The maximum absolute atomic E-state index is 11.8. The third kappa shape index (κ3) is 5.21. The van der Waals surface area contributed by atoms with Crippen molar-refractivity contribution >= 4 is 5.91 Å². The summed E-state index contributed by atoms with van der Waals surface area (Å²) in [6.45, 7) is 8.62. The molecule has 0 bridgehead atoms. The van der Waals surface area contributed by atoms with Crippen molar-refractivity contribution in [1.82, 2.24) is 5.32 Å². The Morgan fingerprint density at radius 3 is 2.45 bits per heavy atom. The lowest BCUT2D eigenvalue weighted by atomic mass is 9.90. The molecule has 0 aliphatic rings. The number of carbonyl (C=O) groups excluding carboxylic acids is 1. The molecule has 4 nitrogen and oxygen atoms in total. The number of carbonyl (C=O) groups is 1. The molecule has 0 fully saturated rings. The minimum absolute atomic E-state index is 0.0148. The van der Waals surface area contributed by atoms with Crippen LogP contribution >= 0.6 is 0 Å². The van der Waals surface area contributed by atoms with Gasteiger partial charge in [-0.2, -0.15) is 0 Å². The van der Waals surface area contributed by atoms with Crippen molar-refractivity contribution in [2.24, 2.45) is 5.41 Å². The number of aliphatic hydroxyl groups is 1. The molecule has 0 heterocycles. The predicted molar refractivity (Wildman–Crippen MR) is 79.9 cm³/mol. The van der Waals surface area contributed by atoms with Crippen LogP contribution in [-0.4, -0.2) is 30.8 Å². The van der Waals surface area contributed by atoms with Gasteiger partial charge in [-0.25, -0.2) is 0 Å². The van der Waals surface area contributed by atoms with E-state index in [4.69, 9.17) is 9.84 Å². The second kappa shape index (κ2) is 7.29. The monoisotopic (exact) mass is 279 g/mol. The molecule has 1 aromatic carbocycles. The van der Waals surface area contributed by atoms with Crippen LogP contribution in [0.1, 0.15) is 31.4 Å². The number of rotatable bonds is 7. The molecule has 0 radical (unpaired) electrons. The van der Waals surface area contributed by atoms with Gasteiger partial charge in [0, 0.05) is 13.2 Å². The summed E-state index contributed by atoms with van der Waals surface area (Å²) in [6.07, 6.45) is 0.658. The van der Waals surface area contributed by atoms with Crippen molar-refractivity contribution in [3.05, 3.63) is 29.3 Å². The van der Waals surface area contributed by atoms with Crippen molar-refractivity contribution in [3.8, 4) is 5.75 Å². The Morgan fingerprint density at radius 2 is 1.90 bits per heavy atom. The zero-order chi connectivity index (χ0) is 15.2. The second-order valence-electron chi connectivity index (χ2n) is 5.92. The number of aliphatic hydroxyl groups excluding tert-OH is 1. The lowest BCUT2D eigenvalue weighted by Crippen LogP contribution is -2.37. The number of hydrogen-bond donors (Lipinski definition) is 2. The van der Waals surface area contributed by atoms with Crippen molar-refractivity contribution in [2.75, 3.05) is 19.8 Å². The molecule has 0 saturated heterocycles. The van der Waals surface area contributed by atoms with Crippen LogP contribution in [0.4, 0.5) is 0 Å². The van der Waals surface area contributed by atoms with Crippen molar-refractivity contribution in [3.63, 3.8) is 0 Å². The van der Waals surface area contributed by atoms with Gasteiger partial charge in [-0.15, -0.1) is 0 Å². The van der Waals surface area contributed by atoms with Crippen molar-refractivity contribution in [1.29, 1.82) is 0 Å². The Balaban J connectivity index is 2.44. The molecular formula is C16H25NO3. The average molecular weight is 279 g/mol. The van der Waals surface area contributed by atoms with Gasteiger partial charge in [-0.05, 0) is 36.8 Å². The summed E-state index contributed by atoms with van der Waals surface area (Å²) in [5, 5.41) is 11.8. The Hall–Kier alpha value is -1.55. The third-order valence-corrected chi connectivity index (χ3v) is 3.31. The highest BCUT2D eigenvalue weighted by Crippen LogP contribution is 2.22. The van der Waals surface area contributed by atoms with E-state index >= 15 is 0 Å². The standard InChI is InChI=1S/C16H25NO3/c1-12-6-5-7-13(2)15(12)20-10-14(19)17-11-16(3,4)8-9-18/h5-7,18H,8-11H2,1-4H3,(H,17,19). The summed E-state index contributed by atoms with van der Waals surface area (Å²) in [4.78, 5) is 11.8. The normalized spacial score (nSPS) is 11.2. The summed E-state index contributed by atoms with van der Waals surface area (Å²) in [5.41, 5.74) is 1.94. The van der Waals surface area contributed by atoms with Gasteiger partial charge in [0.15, 0.2) is 6.61 Å². The van der Waals surface area contributed by atoms with Gasteiger partial charge in [0.2, 0.25) is 0 Å². The van der Waals surface area contributed by atoms with Gasteiger partial charge in [0.25, 0.3) is 5.91 Å². The fourth-order valence-corrected chi connectivity index (χ4v) is 1.94. The molecule has 0 saturated carbocycles. The first kappa shape index (κ1) is 16.5. The Labute approximate surface area is 121 Å². The van der Waals surface area contributed by atoms with Crippen molar-refractivity contribution < 1.29 is 14.6 Å². The Bertz CT molecular complexity index is 435. The SMILES string of the molecule is Cc1cccc(C)c1OCC(=O)NCC(C)(C)CCO. The number of aryl methyl sites for hydroxylation is 2. The largest absolute Gasteiger partial charge is 0.483 e. The van der Waals surface area contributed by atoms with Crippen LogP contribution in [0.15, 0.2) is 18.2 Å². The number of para-hydroxylation sites is 1. The highest BCUT2D eigenvalue weighted by atomic mass is 16.5. The first-order chi connectivity index (χ1) is 9.35. The molecule has 4 heteroatoms. The summed E-state index contributed by atoms with van der Waals surface area (Å²) >= 11 is 0. The second-order valence-corrected chi connectivity index (χ2v) is 5.92. The van der Waals surface area contributed by atoms with Crippen LogP contribution < -0.4 is 10.1 Å². The van der Waals surface area contributed by atoms with E-state index in [9.17, 15) is 4.79 Å². The molecular weight excluding hydrogens is 254 g/mol. The smallest absolute Gasteiger partial charge is 0.257 e. The number of ether oxygens (including phenoxy) is 1. The molecule has 0 aromatic heterocycles. The third-order valence-electron chi connectivity index (χ3n) is 3.31. The van der Waals surface area contributed by atoms with Gasteiger partial charge in [-0.1, -0.05) is 32.0 Å². The van der Waals surface area contributed by atoms with Crippen LogP contribution in [0.5, 0.6) is 5.75 Å². The Morgan fingerprint density at radius 1 is 1.30 bits per heavy atom. The van der Waals surface area contributed by atoms with E-state index < -0.39 is 0 Å². The van der Waals surface area contributed by atoms with Crippen LogP contribution in [0.2, 0.25) is 0 Å². The summed E-state index contributed by atoms with van der Waals surface area (Å²) in [5.74, 6) is 0.635. The van der Waals surface area contributed by atoms with Gasteiger partial charge < -0.3 is 15.2 Å². The molecule has 2 N–H and O–H groups in total. The number of amides is 1. The van der Waals surface area contributed by atoms with Gasteiger partial charge in [0.05, 0.1) is 0 Å². The minimum Gasteiger partial charge on any atom is -0.483 e. The minimum atomic E-state index is -0.140. The van der Waals surface area contributed by atoms with E-state index in [0.717, 1.165) is 16.9 Å². The van der Waals surface area contributed by atoms with E-state index in [0.29, 0.717) is 13.0 Å². The lowest BCUT2D eigenvalue weighted by molar-refractivity contribution is -0.123. The maximum Gasteiger partial charge on any atom is 0.257 e. The zero-order valence-electron chi connectivity index (χ0n) is 12.8. The first-order valence-corrected chi connectivity index (χ1v) is 6.92. The fraction of sp³-hybridized carbons (Fsp3) is 0.562. The summed E-state index contributed by atoms with van der Waals surface area (Å²) < 4.78 is 5.59. The molecule has 0 aliphatic heterocycles. The van der Waals surface area contributed by atoms with Crippen LogP contribution in [-0.2, 0) is 4.79 Å². The summed E-state index contributed by atoms with van der Waals surface area (Å²) in [6, 6.07) is 5.89. The molecule has 0 spiro atoms. The average Bonchev–Trinajstić information content (AvgIpc) is 2.36. The number of benzene rings is 1. The van der Waals surface area contributed by atoms with Crippen LogP contribution in [0.25, 0.3) is 0 Å². The van der Waals surface area contributed by atoms with E-state index in [2.05, 4.69) is 5.32 Å². The molecule has 20 heavy (non-hydrogen) atoms. The first-order valence-electron chi connectivity index (χ1n) is 6.92. The molecule has 0 unspecified atom stereocenters. The molecule has 1 aromatic rings. The van der Waals surface area contributed by atoms with Crippen molar-refractivity contribution in [2.45, 2.75) is 34.1 Å². The van der Waals surface area contributed by atoms with E-state index in [1.54, 1.807) is 0 Å². The zero-order valence-corrected chi connectivity index (χ0v) is 12.8. The predicted octanol–water partition coefficient (Wildman–Crippen LogP) is 2.21. The Kier molecular flexibility index (Phi) is 6.02. The van der Waals surface area contributed by atoms with Gasteiger partial charge >= 0.3 is 0 Å². The molecule has 0 atom stereocenters. The van der Waals surface area contributed by atoms with Crippen LogP contribution in [0.3, 0.4) is 0 Å². The number of hydrogen-bond acceptors (Lipinski definition) is 3.